The molecule has 23 heavy (non-hydrogen) atoms. The van der Waals surface area contributed by atoms with Gasteiger partial charge in [-0.15, -0.1) is 0 Å². The molecule has 114 valence electrons. The number of nitriles is 1. The maximum Gasteiger partial charge on any atom is 0.211 e. The van der Waals surface area contributed by atoms with Crippen molar-refractivity contribution in [2.24, 2.45) is 0 Å². The van der Waals surface area contributed by atoms with Crippen molar-refractivity contribution in [2.45, 2.75) is 0 Å². The summed E-state index contributed by atoms with van der Waals surface area (Å²) in [6.07, 6.45) is 0. The molecule has 0 aliphatic rings. The van der Waals surface area contributed by atoms with E-state index < -0.39 is 0 Å². The lowest BCUT2D eigenvalue weighted by atomic mass is 10.1. The smallest absolute Gasteiger partial charge is 0.211 e. The van der Waals surface area contributed by atoms with E-state index in [-0.39, 0.29) is 16.8 Å². The van der Waals surface area contributed by atoms with Gasteiger partial charge in [0.05, 0.1) is 19.6 Å². The van der Waals surface area contributed by atoms with E-state index in [0.29, 0.717) is 28.0 Å². The fourth-order valence-corrected chi connectivity index (χ4v) is 2.35. The minimum Gasteiger partial charge on any atom is -0.497 e. The van der Waals surface area contributed by atoms with Gasteiger partial charge in [0, 0.05) is 11.6 Å². The van der Waals surface area contributed by atoms with E-state index in [4.69, 9.17) is 13.9 Å². The van der Waals surface area contributed by atoms with E-state index in [9.17, 15) is 10.1 Å². The molecule has 3 rings (SSSR count). The molecule has 0 atom stereocenters. The third kappa shape index (κ3) is 2.51. The number of ether oxygens (including phenoxy) is 2. The lowest BCUT2D eigenvalue weighted by molar-refractivity contribution is 0.414. The molecule has 2 aromatic carbocycles. The minimum atomic E-state index is -0.359. The Morgan fingerprint density at radius 1 is 1.00 bits per heavy atom. The van der Waals surface area contributed by atoms with Gasteiger partial charge in [0.25, 0.3) is 0 Å². The zero-order chi connectivity index (χ0) is 16.4. The van der Waals surface area contributed by atoms with Crippen LogP contribution in [0.5, 0.6) is 11.5 Å². The Kier molecular flexibility index (Phi) is 3.73. The van der Waals surface area contributed by atoms with Gasteiger partial charge in [0.15, 0.2) is 5.76 Å². The third-order valence-corrected chi connectivity index (χ3v) is 3.56. The van der Waals surface area contributed by atoms with Gasteiger partial charge >= 0.3 is 0 Å². The summed E-state index contributed by atoms with van der Waals surface area (Å²) in [6.45, 7) is 0. The number of hydrogen-bond acceptors (Lipinski definition) is 5. The monoisotopic (exact) mass is 307 g/mol. The van der Waals surface area contributed by atoms with Gasteiger partial charge in [-0.2, -0.15) is 5.26 Å². The first kappa shape index (κ1) is 14.7. The maximum absolute atomic E-state index is 12.5. The first-order chi connectivity index (χ1) is 11.2. The molecular weight excluding hydrogens is 294 g/mol. The molecule has 3 aromatic rings. The van der Waals surface area contributed by atoms with Crippen LogP contribution in [-0.4, -0.2) is 14.2 Å². The average Bonchev–Trinajstić information content (AvgIpc) is 2.61. The highest BCUT2D eigenvalue weighted by Crippen LogP contribution is 2.28. The molecule has 0 saturated heterocycles. The number of methoxy groups -OCH3 is 2. The SMILES string of the molecule is COc1ccc(-c2oc3cc(OC)ccc3c(=O)c2C#N)cc1. The molecule has 5 heteroatoms. The molecule has 0 aliphatic heterocycles. The summed E-state index contributed by atoms with van der Waals surface area (Å²) in [5, 5.41) is 9.71. The van der Waals surface area contributed by atoms with Gasteiger partial charge in [0.1, 0.15) is 28.7 Å². The highest BCUT2D eigenvalue weighted by molar-refractivity contribution is 5.83. The number of rotatable bonds is 3. The summed E-state index contributed by atoms with van der Waals surface area (Å²) in [5.74, 6) is 1.49. The van der Waals surface area contributed by atoms with Crippen molar-refractivity contribution in [3.05, 3.63) is 58.3 Å². The maximum atomic E-state index is 12.5. The molecule has 0 aliphatic carbocycles. The van der Waals surface area contributed by atoms with Crippen molar-refractivity contribution in [1.82, 2.24) is 0 Å². The van der Waals surface area contributed by atoms with Gasteiger partial charge in [-0.25, -0.2) is 0 Å². The Morgan fingerprint density at radius 2 is 1.65 bits per heavy atom. The quantitative estimate of drug-likeness (QED) is 0.742. The van der Waals surface area contributed by atoms with Crippen molar-refractivity contribution in [3.63, 3.8) is 0 Å². The Morgan fingerprint density at radius 3 is 2.26 bits per heavy atom. The van der Waals surface area contributed by atoms with E-state index in [1.54, 1.807) is 49.6 Å². The van der Waals surface area contributed by atoms with E-state index in [1.807, 2.05) is 6.07 Å². The van der Waals surface area contributed by atoms with E-state index in [2.05, 4.69) is 0 Å². The summed E-state index contributed by atoms with van der Waals surface area (Å²) in [4.78, 5) is 12.5. The van der Waals surface area contributed by atoms with Crippen LogP contribution in [-0.2, 0) is 0 Å². The molecule has 0 spiro atoms. The van der Waals surface area contributed by atoms with Crippen LogP contribution in [0.15, 0.2) is 51.7 Å². The van der Waals surface area contributed by atoms with Gasteiger partial charge in [-0.3, -0.25) is 4.79 Å². The number of hydrogen-bond donors (Lipinski definition) is 0. The minimum absolute atomic E-state index is 0.0205. The predicted octanol–water partition coefficient (Wildman–Crippen LogP) is 3.35. The van der Waals surface area contributed by atoms with Crippen LogP contribution in [0.3, 0.4) is 0 Å². The van der Waals surface area contributed by atoms with Crippen LogP contribution in [0.4, 0.5) is 0 Å². The Bertz CT molecular complexity index is 965. The summed E-state index contributed by atoms with van der Waals surface area (Å²) in [6, 6.07) is 13.8. The summed E-state index contributed by atoms with van der Waals surface area (Å²) < 4.78 is 16.1. The van der Waals surface area contributed by atoms with Crippen LogP contribution >= 0.6 is 0 Å². The van der Waals surface area contributed by atoms with Crippen molar-refractivity contribution >= 4 is 11.0 Å². The van der Waals surface area contributed by atoms with E-state index >= 15 is 0 Å². The van der Waals surface area contributed by atoms with Crippen LogP contribution in [0.2, 0.25) is 0 Å². The van der Waals surface area contributed by atoms with E-state index in [0.717, 1.165) is 0 Å². The first-order valence-electron chi connectivity index (χ1n) is 6.87. The number of fused-ring (bicyclic) bond motifs is 1. The van der Waals surface area contributed by atoms with Gasteiger partial charge < -0.3 is 13.9 Å². The Balaban J connectivity index is 2.30. The van der Waals surface area contributed by atoms with Crippen molar-refractivity contribution in [2.75, 3.05) is 14.2 Å². The van der Waals surface area contributed by atoms with Crippen LogP contribution < -0.4 is 14.9 Å². The first-order valence-corrected chi connectivity index (χ1v) is 6.87. The fourth-order valence-electron chi connectivity index (χ4n) is 2.35. The Hall–Kier alpha value is -3.26. The van der Waals surface area contributed by atoms with Crippen LogP contribution in [0.1, 0.15) is 5.56 Å². The lowest BCUT2D eigenvalue weighted by Gasteiger charge is -2.07. The second-order valence-corrected chi connectivity index (χ2v) is 4.84. The summed E-state index contributed by atoms with van der Waals surface area (Å²) >= 11 is 0. The van der Waals surface area contributed by atoms with Gasteiger partial charge in [0.2, 0.25) is 5.43 Å². The summed E-state index contributed by atoms with van der Waals surface area (Å²) in [7, 11) is 3.10. The van der Waals surface area contributed by atoms with E-state index in [1.165, 1.54) is 7.11 Å². The lowest BCUT2D eigenvalue weighted by Crippen LogP contribution is -2.08. The largest absolute Gasteiger partial charge is 0.497 e. The zero-order valence-electron chi connectivity index (χ0n) is 12.6. The standard InChI is InChI=1S/C18H13NO4/c1-21-12-5-3-11(4-6-12)18-15(10-19)17(20)14-8-7-13(22-2)9-16(14)23-18/h3-9H,1-2H3. The zero-order valence-corrected chi connectivity index (χ0v) is 12.6. The van der Waals surface area contributed by atoms with Gasteiger partial charge in [-0.05, 0) is 36.4 Å². The Labute approximate surface area is 132 Å². The van der Waals surface area contributed by atoms with Crippen molar-refractivity contribution in [3.8, 4) is 28.9 Å². The topological polar surface area (TPSA) is 72.5 Å². The summed E-state index contributed by atoms with van der Waals surface area (Å²) in [5.41, 5.74) is 0.624. The molecule has 0 fully saturated rings. The third-order valence-electron chi connectivity index (χ3n) is 3.56. The number of benzene rings is 2. The molecule has 0 unspecified atom stereocenters. The molecule has 0 saturated carbocycles. The predicted molar refractivity (Wildman–Crippen MR) is 85.7 cm³/mol. The molecule has 0 amide bonds. The fraction of sp³-hybridized carbons (Fsp3) is 0.111. The highest BCUT2D eigenvalue weighted by atomic mass is 16.5. The molecule has 1 aromatic heterocycles. The van der Waals surface area contributed by atoms with Crippen LogP contribution in [0, 0.1) is 11.3 Å². The van der Waals surface area contributed by atoms with Crippen LogP contribution in [0.25, 0.3) is 22.3 Å². The molecule has 5 nitrogen and oxygen atoms in total. The second-order valence-electron chi connectivity index (χ2n) is 4.84. The average molecular weight is 307 g/mol. The van der Waals surface area contributed by atoms with Crippen molar-refractivity contribution < 1.29 is 13.9 Å². The molecule has 1 heterocycles. The normalized spacial score (nSPS) is 10.3. The van der Waals surface area contributed by atoms with Gasteiger partial charge in [-0.1, -0.05) is 0 Å². The second kappa shape index (κ2) is 5.85. The highest BCUT2D eigenvalue weighted by Gasteiger charge is 2.16. The molecule has 0 radical (unpaired) electrons. The molecule has 0 N–H and O–H groups in total. The van der Waals surface area contributed by atoms with Crippen molar-refractivity contribution in [1.29, 1.82) is 5.26 Å². The molecular formula is C18H13NO4. The number of nitrogens with zero attached hydrogens (tertiary/aromatic N) is 1. The molecule has 0 bridgehead atoms.